The van der Waals surface area contributed by atoms with E-state index in [0.29, 0.717) is 12.1 Å². The topological polar surface area (TPSA) is 27.6 Å². The van der Waals surface area contributed by atoms with Crippen molar-refractivity contribution in [1.82, 2.24) is 10.3 Å². The summed E-state index contributed by atoms with van der Waals surface area (Å²) in [4.78, 5) is 2.60. The van der Waals surface area contributed by atoms with Crippen LogP contribution in [0.25, 0.3) is 0 Å². The van der Waals surface area contributed by atoms with Crippen LogP contribution in [0, 0.1) is 5.92 Å². The van der Waals surface area contributed by atoms with Crippen LogP contribution < -0.4 is 5.43 Å². The van der Waals surface area contributed by atoms with E-state index in [4.69, 9.17) is 0 Å². The predicted molar refractivity (Wildman–Crippen MR) is 75.5 cm³/mol. The molecule has 3 fully saturated rings. The van der Waals surface area contributed by atoms with Gasteiger partial charge in [-0.15, -0.1) is 0 Å². The van der Waals surface area contributed by atoms with Crippen molar-refractivity contribution in [3.8, 4) is 0 Å². The number of hydrogen-bond acceptors (Lipinski definition) is 3. The van der Waals surface area contributed by atoms with Gasteiger partial charge in [0.1, 0.15) is 0 Å². The van der Waals surface area contributed by atoms with E-state index >= 15 is 0 Å². The molecule has 1 aromatic rings. The van der Waals surface area contributed by atoms with Gasteiger partial charge in [0.25, 0.3) is 0 Å². The highest BCUT2D eigenvalue weighted by Gasteiger charge is 2.46. The first-order valence-electron chi connectivity index (χ1n) is 6.65. The Kier molecular flexibility index (Phi) is 2.49. The van der Waals surface area contributed by atoms with Gasteiger partial charge in [0.2, 0.25) is 0 Å². The Balaban J connectivity index is 1.69. The fourth-order valence-corrected chi connectivity index (χ4v) is 4.03. The molecule has 18 heavy (non-hydrogen) atoms. The molecule has 4 heteroatoms. The van der Waals surface area contributed by atoms with Crippen molar-refractivity contribution < 1.29 is 0 Å². The van der Waals surface area contributed by atoms with E-state index < -0.39 is 0 Å². The van der Waals surface area contributed by atoms with Gasteiger partial charge in [0.05, 0.1) is 17.8 Å². The van der Waals surface area contributed by atoms with Crippen LogP contribution in [0.3, 0.4) is 0 Å². The molecule has 1 N–H and O–H groups in total. The molecule has 3 saturated heterocycles. The molecule has 4 aliphatic rings. The van der Waals surface area contributed by atoms with Gasteiger partial charge in [0, 0.05) is 10.4 Å². The van der Waals surface area contributed by atoms with E-state index in [9.17, 15) is 0 Å². The minimum Gasteiger partial charge on any atom is -0.301 e. The lowest BCUT2D eigenvalue weighted by Gasteiger charge is -2.45. The number of nitrogens with one attached hydrogen (secondary N) is 1. The number of benzene rings is 1. The Labute approximate surface area is 115 Å². The number of hydrogen-bond donors (Lipinski definition) is 1. The summed E-state index contributed by atoms with van der Waals surface area (Å²) >= 11 is 3.56. The van der Waals surface area contributed by atoms with Crippen LogP contribution in [-0.4, -0.2) is 29.7 Å². The zero-order valence-electron chi connectivity index (χ0n) is 10.1. The fourth-order valence-electron chi connectivity index (χ4n) is 3.61. The molecule has 0 radical (unpaired) electrons. The van der Waals surface area contributed by atoms with Crippen molar-refractivity contribution in [2.75, 3.05) is 13.1 Å². The SMILES string of the molecule is Brc1cccc(C2NN=C3C4CCN(CC4)C32)c1. The Morgan fingerprint density at radius 3 is 2.89 bits per heavy atom. The van der Waals surface area contributed by atoms with Gasteiger partial charge >= 0.3 is 0 Å². The lowest BCUT2D eigenvalue weighted by molar-refractivity contribution is 0.133. The first-order chi connectivity index (χ1) is 8.83. The van der Waals surface area contributed by atoms with Crippen molar-refractivity contribution in [1.29, 1.82) is 0 Å². The van der Waals surface area contributed by atoms with Gasteiger partial charge < -0.3 is 5.43 Å². The number of halogens is 1. The highest BCUT2D eigenvalue weighted by Crippen LogP contribution is 2.39. The normalized spacial score (nSPS) is 37.1. The van der Waals surface area contributed by atoms with Crippen LogP contribution in [0.15, 0.2) is 33.8 Å². The van der Waals surface area contributed by atoms with Crippen LogP contribution in [-0.2, 0) is 0 Å². The Bertz CT molecular complexity index is 506. The number of piperidine rings is 3. The molecular formula is C14H16BrN3. The summed E-state index contributed by atoms with van der Waals surface area (Å²) in [6.45, 7) is 2.47. The molecule has 5 rings (SSSR count). The average molecular weight is 306 g/mol. The van der Waals surface area contributed by atoms with Gasteiger partial charge in [-0.3, -0.25) is 4.90 Å². The lowest BCUT2D eigenvalue weighted by atomic mass is 9.78. The van der Waals surface area contributed by atoms with E-state index in [1.54, 1.807) is 0 Å². The molecule has 2 bridgehead atoms. The van der Waals surface area contributed by atoms with Crippen molar-refractivity contribution in [3.05, 3.63) is 34.3 Å². The summed E-state index contributed by atoms with van der Waals surface area (Å²) < 4.78 is 1.14. The van der Waals surface area contributed by atoms with Crippen LogP contribution in [0.1, 0.15) is 24.4 Å². The van der Waals surface area contributed by atoms with E-state index in [-0.39, 0.29) is 0 Å². The summed E-state index contributed by atoms with van der Waals surface area (Å²) in [6, 6.07) is 9.42. The Hall–Kier alpha value is -0.870. The quantitative estimate of drug-likeness (QED) is 0.863. The lowest BCUT2D eigenvalue weighted by Crippen LogP contribution is -2.56. The van der Waals surface area contributed by atoms with Gasteiger partial charge in [0.15, 0.2) is 0 Å². The fraction of sp³-hybridized carbons (Fsp3) is 0.500. The molecule has 3 nitrogen and oxygen atoms in total. The summed E-state index contributed by atoms with van der Waals surface area (Å²) in [6.07, 6.45) is 2.59. The van der Waals surface area contributed by atoms with Crippen molar-refractivity contribution in [3.63, 3.8) is 0 Å². The monoisotopic (exact) mass is 305 g/mol. The Morgan fingerprint density at radius 1 is 1.28 bits per heavy atom. The predicted octanol–water partition coefficient (Wildman–Crippen LogP) is 2.54. The molecule has 4 heterocycles. The number of hydrazone groups is 1. The van der Waals surface area contributed by atoms with Crippen molar-refractivity contribution >= 4 is 21.6 Å². The second-order valence-corrected chi connectivity index (χ2v) is 6.37. The molecule has 2 atom stereocenters. The van der Waals surface area contributed by atoms with E-state index in [0.717, 1.165) is 10.4 Å². The molecule has 2 unspecified atom stereocenters. The van der Waals surface area contributed by atoms with E-state index in [1.807, 2.05) is 0 Å². The third kappa shape index (κ3) is 1.55. The molecular weight excluding hydrogens is 290 g/mol. The maximum atomic E-state index is 4.64. The number of fused-ring (bicyclic) bond motifs is 2. The number of nitrogens with zero attached hydrogens (tertiary/aromatic N) is 2. The average Bonchev–Trinajstić information content (AvgIpc) is 2.87. The third-order valence-corrected chi connectivity index (χ3v) is 4.99. The molecule has 4 aliphatic heterocycles. The molecule has 0 aliphatic carbocycles. The molecule has 0 amide bonds. The zero-order chi connectivity index (χ0) is 12.1. The van der Waals surface area contributed by atoms with Crippen LogP contribution in [0.2, 0.25) is 0 Å². The van der Waals surface area contributed by atoms with Crippen molar-refractivity contribution in [2.45, 2.75) is 24.9 Å². The third-order valence-electron chi connectivity index (χ3n) is 4.50. The standard InChI is InChI=1S/C14H16BrN3/c15-11-3-1-2-10(8-11)13-14-12(16-17-13)9-4-6-18(14)7-5-9/h1-3,8-9,13-14,17H,4-7H2. The highest BCUT2D eigenvalue weighted by atomic mass is 79.9. The van der Waals surface area contributed by atoms with E-state index in [1.165, 1.54) is 37.2 Å². The van der Waals surface area contributed by atoms with Crippen LogP contribution >= 0.6 is 15.9 Å². The first kappa shape index (κ1) is 11.0. The minimum absolute atomic E-state index is 0.334. The maximum absolute atomic E-state index is 4.64. The molecule has 0 spiro atoms. The second kappa shape index (κ2) is 4.07. The van der Waals surface area contributed by atoms with Gasteiger partial charge in [-0.05, 0) is 43.6 Å². The molecule has 0 saturated carbocycles. The van der Waals surface area contributed by atoms with Crippen LogP contribution in [0.4, 0.5) is 0 Å². The van der Waals surface area contributed by atoms with E-state index in [2.05, 4.69) is 55.6 Å². The maximum Gasteiger partial charge on any atom is 0.0899 e. The molecule has 1 aromatic carbocycles. The zero-order valence-corrected chi connectivity index (χ0v) is 11.7. The van der Waals surface area contributed by atoms with Crippen molar-refractivity contribution in [2.24, 2.45) is 11.0 Å². The number of rotatable bonds is 1. The minimum atomic E-state index is 0.334. The summed E-state index contributed by atoms with van der Waals surface area (Å²) in [7, 11) is 0. The smallest absolute Gasteiger partial charge is 0.0899 e. The second-order valence-electron chi connectivity index (χ2n) is 5.45. The summed E-state index contributed by atoms with van der Waals surface area (Å²) in [5.41, 5.74) is 6.10. The summed E-state index contributed by atoms with van der Waals surface area (Å²) in [5.74, 6) is 0.727. The molecule has 0 aromatic heterocycles. The largest absolute Gasteiger partial charge is 0.301 e. The van der Waals surface area contributed by atoms with Crippen LogP contribution in [0.5, 0.6) is 0 Å². The highest BCUT2D eigenvalue weighted by molar-refractivity contribution is 9.10. The first-order valence-corrected chi connectivity index (χ1v) is 7.45. The summed E-state index contributed by atoms with van der Waals surface area (Å²) in [5, 5.41) is 4.64. The molecule has 94 valence electrons. The van der Waals surface area contributed by atoms with Gasteiger partial charge in [-0.2, -0.15) is 5.10 Å². The van der Waals surface area contributed by atoms with Gasteiger partial charge in [-0.1, -0.05) is 28.1 Å². The van der Waals surface area contributed by atoms with Gasteiger partial charge in [-0.25, -0.2) is 0 Å². The Morgan fingerprint density at radius 2 is 2.11 bits per heavy atom.